The van der Waals surface area contributed by atoms with Gasteiger partial charge >= 0.3 is 0 Å². The van der Waals surface area contributed by atoms with Crippen LogP contribution in [0.25, 0.3) is 0 Å². The largest absolute Gasteiger partial charge is 0.381 e. The van der Waals surface area contributed by atoms with Gasteiger partial charge in [-0.3, -0.25) is 0 Å². The van der Waals surface area contributed by atoms with Gasteiger partial charge in [0, 0.05) is 23.9 Å². The van der Waals surface area contributed by atoms with E-state index < -0.39 is 9.05 Å². The first kappa shape index (κ1) is 11.2. The fourth-order valence-electron chi connectivity index (χ4n) is 1.16. The van der Waals surface area contributed by atoms with Gasteiger partial charge in [-0.1, -0.05) is 0 Å². The lowest BCUT2D eigenvalue weighted by Gasteiger charge is -2.21. The molecule has 4 nitrogen and oxygen atoms in total. The summed E-state index contributed by atoms with van der Waals surface area (Å²) in [5.41, 5.74) is 0. The lowest BCUT2D eigenvalue weighted by molar-refractivity contribution is -0.0266. The molecule has 0 spiro atoms. The van der Waals surface area contributed by atoms with Gasteiger partial charge in [0.1, 0.15) is 0 Å². The lowest BCUT2D eigenvalue weighted by Crippen LogP contribution is -2.25. The van der Waals surface area contributed by atoms with E-state index in [0.29, 0.717) is 13.2 Å². The van der Waals surface area contributed by atoms with Crippen molar-refractivity contribution in [2.24, 2.45) is 0 Å². The van der Waals surface area contributed by atoms with E-state index in [1.165, 1.54) is 0 Å². The highest BCUT2D eigenvalue weighted by Crippen LogP contribution is 2.10. The minimum Gasteiger partial charge on any atom is -0.381 e. The van der Waals surface area contributed by atoms with Crippen LogP contribution in [0.4, 0.5) is 0 Å². The fourth-order valence-corrected chi connectivity index (χ4v) is 1.64. The Hall–Kier alpha value is 0.160. The second-order valence-corrected chi connectivity index (χ2v) is 5.82. The highest BCUT2D eigenvalue weighted by atomic mass is 35.7. The normalized spacial score (nSPS) is 20.4. The molecule has 1 aliphatic rings. The first-order valence-electron chi connectivity index (χ1n) is 4.19. The molecule has 0 atom stereocenters. The van der Waals surface area contributed by atoms with Crippen LogP contribution in [-0.2, 0) is 18.5 Å². The molecule has 0 amide bonds. The predicted octanol–water partition coefficient (Wildman–Crippen LogP) is 0.751. The van der Waals surface area contributed by atoms with E-state index in [1.807, 2.05) is 0 Å². The molecule has 1 fully saturated rings. The van der Waals surface area contributed by atoms with E-state index in [4.69, 9.17) is 20.2 Å². The summed E-state index contributed by atoms with van der Waals surface area (Å²) in [6.07, 6.45) is 1.80. The van der Waals surface area contributed by atoms with Gasteiger partial charge in [-0.25, -0.2) is 8.42 Å². The average Bonchev–Trinajstić information content (AvgIpc) is 2.04. The fraction of sp³-hybridized carbons (Fsp3) is 1.00. The van der Waals surface area contributed by atoms with Crippen LogP contribution in [0.2, 0.25) is 0 Å². The van der Waals surface area contributed by atoms with Gasteiger partial charge in [-0.15, -0.1) is 0 Å². The SMILES string of the molecule is O=S(=O)(Cl)CCOC1CCOCC1. The van der Waals surface area contributed by atoms with Crippen molar-refractivity contribution in [3.63, 3.8) is 0 Å². The van der Waals surface area contributed by atoms with Crippen LogP contribution >= 0.6 is 10.7 Å². The highest BCUT2D eigenvalue weighted by Gasteiger charge is 2.15. The number of hydrogen-bond donors (Lipinski definition) is 0. The standard InChI is InChI=1S/C7H13ClO4S/c8-13(9,10)6-5-12-7-1-3-11-4-2-7/h7H,1-6H2. The summed E-state index contributed by atoms with van der Waals surface area (Å²) >= 11 is 0. The zero-order valence-electron chi connectivity index (χ0n) is 7.24. The Morgan fingerprint density at radius 1 is 1.38 bits per heavy atom. The molecule has 0 aromatic rings. The Morgan fingerprint density at radius 3 is 2.54 bits per heavy atom. The third-order valence-electron chi connectivity index (χ3n) is 1.85. The number of rotatable bonds is 4. The molecule has 0 unspecified atom stereocenters. The van der Waals surface area contributed by atoms with Crippen LogP contribution in [-0.4, -0.2) is 40.1 Å². The second kappa shape index (κ2) is 5.14. The molecule has 1 rings (SSSR count). The van der Waals surface area contributed by atoms with Gasteiger partial charge in [0.05, 0.1) is 18.5 Å². The summed E-state index contributed by atoms with van der Waals surface area (Å²) in [6, 6.07) is 0. The minimum absolute atomic E-state index is 0.119. The molecule has 6 heteroatoms. The Morgan fingerprint density at radius 2 is 2.00 bits per heavy atom. The molecule has 1 saturated heterocycles. The van der Waals surface area contributed by atoms with Crippen molar-refractivity contribution in [3.05, 3.63) is 0 Å². The van der Waals surface area contributed by atoms with E-state index in [0.717, 1.165) is 12.8 Å². The van der Waals surface area contributed by atoms with Crippen LogP contribution < -0.4 is 0 Å². The Labute approximate surface area is 82.6 Å². The molecule has 1 aliphatic heterocycles. The van der Waals surface area contributed by atoms with Crippen LogP contribution in [0.1, 0.15) is 12.8 Å². The molecule has 1 heterocycles. The topological polar surface area (TPSA) is 52.6 Å². The maximum Gasteiger partial charge on any atom is 0.234 e. The predicted molar refractivity (Wildman–Crippen MR) is 49.4 cm³/mol. The van der Waals surface area contributed by atoms with Gasteiger partial charge in [0.2, 0.25) is 9.05 Å². The summed E-state index contributed by atoms with van der Waals surface area (Å²) in [6.45, 7) is 1.56. The van der Waals surface area contributed by atoms with Crippen LogP contribution in [0.3, 0.4) is 0 Å². The molecule has 0 bridgehead atoms. The Bertz CT molecular complexity index is 233. The van der Waals surface area contributed by atoms with E-state index in [9.17, 15) is 8.42 Å². The second-order valence-electron chi connectivity index (χ2n) is 2.93. The van der Waals surface area contributed by atoms with Crippen LogP contribution in [0.5, 0.6) is 0 Å². The van der Waals surface area contributed by atoms with E-state index in [2.05, 4.69) is 0 Å². The highest BCUT2D eigenvalue weighted by molar-refractivity contribution is 8.13. The molecule has 0 N–H and O–H groups in total. The summed E-state index contributed by atoms with van der Waals surface area (Å²) < 4.78 is 31.5. The smallest absolute Gasteiger partial charge is 0.234 e. The summed E-state index contributed by atoms with van der Waals surface area (Å²) in [4.78, 5) is 0. The Kier molecular flexibility index (Phi) is 4.45. The van der Waals surface area contributed by atoms with E-state index in [1.54, 1.807) is 0 Å². The molecule has 0 aliphatic carbocycles. The van der Waals surface area contributed by atoms with E-state index >= 15 is 0 Å². The third kappa shape index (κ3) is 5.46. The summed E-state index contributed by atoms with van der Waals surface area (Å²) in [5, 5.41) is 0. The maximum atomic E-state index is 10.5. The van der Waals surface area contributed by atoms with E-state index in [-0.39, 0.29) is 18.5 Å². The molecule has 0 saturated carbocycles. The van der Waals surface area contributed by atoms with Crippen LogP contribution in [0, 0.1) is 0 Å². The first-order valence-corrected chi connectivity index (χ1v) is 6.67. The van der Waals surface area contributed by atoms with Crippen molar-refractivity contribution in [1.82, 2.24) is 0 Å². The Balaban J connectivity index is 2.11. The van der Waals surface area contributed by atoms with Crippen molar-refractivity contribution < 1.29 is 17.9 Å². The lowest BCUT2D eigenvalue weighted by atomic mass is 10.2. The van der Waals surface area contributed by atoms with Crippen molar-refractivity contribution in [3.8, 4) is 0 Å². The van der Waals surface area contributed by atoms with Crippen molar-refractivity contribution in [2.75, 3.05) is 25.6 Å². The molecule has 0 aromatic heterocycles. The van der Waals surface area contributed by atoms with Crippen molar-refractivity contribution >= 4 is 19.7 Å². The van der Waals surface area contributed by atoms with Crippen LogP contribution in [0.15, 0.2) is 0 Å². The zero-order valence-corrected chi connectivity index (χ0v) is 8.81. The average molecular weight is 229 g/mol. The van der Waals surface area contributed by atoms with Gasteiger partial charge < -0.3 is 9.47 Å². The number of halogens is 1. The van der Waals surface area contributed by atoms with Crippen molar-refractivity contribution in [2.45, 2.75) is 18.9 Å². The molecule has 0 radical (unpaired) electrons. The number of hydrogen-bond acceptors (Lipinski definition) is 4. The quantitative estimate of drug-likeness (QED) is 0.667. The molecular formula is C7H13ClO4S. The van der Waals surface area contributed by atoms with Gasteiger partial charge in [-0.2, -0.15) is 0 Å². The molecule has 0 aromatic carbocycles. The molecule has 13 heavy (non-hydrogen) atoms. The summed E-state index contributed by atoms with van der Waals surface area (Å²) in [7, 11) is 1.61. The number of ether oxygens (including phenoxy) is 2. The molecule has 78 valence electrons. The minimum atomic E-state index is -3.41. The summed E-state index contributed by atoms with van der Waals surface area (Å²) in [5.74, 6) is -0.119. The van der Waals surface area contributed by atoms with Gasteiger partial charge in [-0.05, 0) is 12.8 Å². The third-order valence-corrected chi connectivity index (χ3v) is 2.97. The maximum absolute atomic E-state index is 10.5. The first-order chi connectivity index (χ1) is 6.08. The van der Waals surface area contributed by atoms with Gasteiger partial charge in [0.25, 0.3) is 0 Å². The molecular weight excluding hydrogens is 216 g/mol. The monoisotopic (exact) mass is 228 g/mol. The zero-order chi connectivity index (χ0) is 9.73. The van der Waals surface area contributed by atoms with Crippen molar-refractivity contribution in [1.29, 1.82) is 0 Å². The van der Waals surface area contributed by atoms with Gasteiger partial charge in [0.15, 0.2) is 0 Å².